The quantitative estimate of drug-likeness (QED) is 0.688. The Morgan fingerprint density at radius 2 is 2.53 bits per heavy atom. The molecule has 2 rings (SSSR count). The van der Waals surface area contributed by atoms with Crippen molar-refractivity contribution >= 4 is 17.2 Å². The second-order valence-electron chi connectivity index (χ2n) is 4.64. The van der Waals surface area contributed by atoms with Crippen molar-refractivity contribution in [1.29, 1.82) is 0 Å². The molecule has 1 aromatic rings. The number of thiophene rings is 1. The first-order valence-corrected chi connectivity index (χ1v) is 7.49. The van der Waals surface area contributed by atoms with E-state index in [-0.39, 0.29) is 25.1 Å². The van der Waals surface area contributed by atoms with Crippen LogP contribution >= 0.6 is 11.3 Å². The largest absolute Gasteiger partial charge is 0.387 e. The Hall–Kier alpha value is -0.950. The fourth-order valence-corrected chi connectivity index (χ4v) is 2.71. The lowest BCUT2D eigenvalue weighted by atomic mass is 10.2. The summed E-state index contributed by atoms with van der Waals surface area (Å²) in [5.41, 5.74) is 0.845. The lowest BCUT2D eigenvalue weighted by Gasteiger charge is -2.12. The summed E-state index contributed by atoms with van der Waals surface area (Å²) in [5.74, 6) is -0.104. The van der Waals surface area contributed by atoms with E-state index in [2.05, 4.69) is 10.6 Å². The number of hydrogen-bond donors (Lipinski definition) is 3. The van der Waals surface area contributed by atoms with E-state index in [1.54, 1.807) is 0 Å². The Morgan fingerprint density at radius 1 is 1.63 bits per heavy atom. The van der Waals surface area contributed by atoms with Crippen molar-refractivity contribution in [3.8, 4) is 0 Å². The number of nitrogens with one attached hydrogen (secondary N) is 2. The summed E-state index contributed by atoms with van der Waals surface area (Å²) < 4.78 is 5.45. The van der Waals surface area contributed by atoms with Crippen LogP contribution in [-0.4, -0.2) is 43.4 Å². The molecule has 106 valence electrons. The van der Waals surface area contributed by atoms with Crippen LogP contribution in [0.2, 0.25) is 0 Å². The maximum Gasteiger partial charge on any atom is 0.234 e. The minimum absolute atomic E-state index is 0.104. The van der Waals surface area contributed by atoms with Crippen molar-refractivity contribution in [3.63, 3.8) is 0 Å². The van der Waals surface area contributed by atoms with Gasteiger partial charge in [0.2, 0.25) is 5.91 Å². The van der Waals surface area contributed by atoms with E-state index in [0.717, 1.165) is 25.0 Å². The molecule has 1 amide bonds. The number of carbonyl (C=O) groups excluding carboxylic acids is 1. The lowest BCUT2D eigenvalue weighted by molar-refractivity contribution is -0.120. The lowest BCUT2D eigenvalue weighted by Crippen LogP contribution is -2.38. The zero-order valence-electron chi connectivity index (χ0n) is 10.8. The smallest absolute Gasteiger partial charge is 0.234 e. The van der Waals surface area contributed by atoms with E-state index >= 15 is 0 Å². The Balaban J connectivity index is 1.56. The minimum Gasteiger partial charge on any atom is -0.387 e. The maximum atomic E-state index is 11.6. The van der Waals surface area contributed by atoms with Gasteiger partial charge in [0.1, 0.15) is 0 Å². The highest BCUT2D eigenvalue weighted by molar-refractivity contribution is 7.07. The van der Waals surface area contributed by atoms with Crippen molar-refractivity contribution in [3.05, 3.63) is 22.4 Å². The highest BCUT2D eigenvalue weighted by atomic mass is 32.1. The second kappa shape index (κ2) is 7.59. The van der Waals surface area contributed by atoms with E-state index in [9.17, 15) is 9.90 Å². The molecule has 2 heterocycles. The number of carbonyl (C=O) groups is 1. The molecule has 3 N–H and O–H groups in total. The van der Waals surface area contributed by atoms with Crippen molar-refractivity contribution in [2.45, 2.75) is 25.0 Å². The van der Waals surface area contributed by atoms with Gasteiger partial charge in [-0.15, -0.1) is 0 Å². The van der Waals surface area contributed by atoms with Crippen LogP contribution in [0.4, 0.5) is 0 Å². The molecule has 1 fully saturated rings. The molecule has 1 aliphatic heterocycles. The summed E-state index contributed by atoms with van der Waals surface area (Å²) in [6.07, 6.45) is 1.77. The molecule has 1 saturated heterocycles. The number of ether oxygens (including phenoxy) is 1. The predicted octanol–water partition coefficient (Wildman–Crippen LogP) is 0.666. The van der Waals surface area contributed by atoms with Gasteiger partial charge in [-0.25, -0.2) is 0 Å². The van der Waals surface area contributed by atoms with Gasteiger partial charge in [0, 0.05) is 19.7 Å². The van der Waals surface area contributed by atoms with E-state index in [1.165, 1.54) is 11.3 Å². The first-order chi connectivity index (χ1) is 9.25. The Bertz CT molecular complexity index is 377. The third-order valence-electron chi connectivity index (χ3n) is 3.10. The Labute approximate surface area is 117 Å². The van der Waals surface area contributed by atoms with Crippen LogP contribution in [0.3, 0.4) is 0 Å². The van der Waals surface area contributed by atoms with Crippen LogP contribution < -0.4 is 10.6 Å². The molecule has 1 aliphatic rings. The zero-order chi connectivity index (χ0) is 13.5. The van der Waals surface area contributed by atoms with Gasteiger partial charge in [-0.1, -0.05) is 0 Å². The first-order valence-electron chi connectivity index (χ1n) is 6.55. The third kappa shape index (κ3) is 4.91. The Kier molecular flexibility index (Phi) is 5.78. The summed E-state index contributed by atoms with van der Waals surface area (Å²) in [7, 11) is 0. The van der Waals surface area contributed by atoms with E-state index in [0.29, 0.717) is 6.54 Å². The summed E-state index contributed by atoms with van der Waals surface area (Å²) in [6, 6.07) is 1.86. The standard InChI is InChI=1S/C13H20N2O3S/c16-12(10-3-5-19-9-10)7-15-13(17)8-14-6-11-2-1-4-18-11/h3,5,9,11-12,14,16H,1-2,4,6-8H2,(H,15,17). The molecular formula is C13H20N2O3S. The monoisotopic (exact) mass is 284 g/mol. The molecule has 19 heavy (non-hydrogen) atoms. The van der Waals surface area contributed by atoms with Gasteiger partial charge in [-0.05, 0) is 35.2 Å². The van der Waals surface area contributed by atoms with E-state index in [1.807, 2.05) is 16.8 Å². The molecule has 0 aliphatic carbocycles. The van der Waals surface area contributed by atoms with Crippen molar-refractivity contribution in [1.82, 2.24) is 10.6 Å². The first kappa shape index (κ1) is 14.5. The molecule has 2 atom stereocenters. The molecule has 0 spiro atoms. The fraction of sp³-hybridized carbons (Fsp3) is 0.615. The molecule has 0 aromatic carbocycles. The predicted molar refractivity (Wildman–Crippen MR) is 74.1 cm³/mol. The van der Waals surface area contributed by atoms with Gasteiger partial charge in [-0.2, -0.15) is 11.3 Å². The van der Waals surface area contributed by atoms with E-state index < -0.39 is 6.10 Å². The van der Waals surface area contributed by atoms with Crippen LogP contribution in [0.5, 0.6) is 0 Å². The van der Waals surface area contributed by atoms with E-state index in [4.69, 9.17) is 4.74 Å². The van der Waals surface area contributed by atoms with Crippen molar-refractivity contribution in [2.75, 3.05) is 26.2 Å². The summed E-state index contributed by atoms with van der Waals surface area (Å²) in [6.45, 7) is 2.04. The molecule has 0 bridgehead atoms. The van der Waals surface area contributed by atoms with Gasteiger partial charge in [0.15, 0.2) is 0 Å². The van der Waals surface area contributed by atoms with Crippen LogP contribution in [0.15, 0.2) is 16.8 Å². The normalized spacial score (nSPS) is 20.4. The minimum atomic E-state index is -0.631. The average molecular weight is 284 g/mol. The van der Waals surface area contributed by atoms with Crippen LogP contribution in [0, 0.1) is 0 Å². The van der Waals surface area contributed by atoms with Gasteiger partial charge in [-0.3, -0.25) is 4.79 Å². The molecule has 1 aromatic heterocycles. The molecule has 2 unspecified atom stereocenters. The summed E-state index contributed by atoms with van der Waals surface area (Å²) >= 11 is 1.53. The van der Waals surface area contributed by atoms with Crippen LogP contribution in [0.25, 0.3) is 0 Å². The third-order valence-corrected chi connectivity index (χ3v) is 3.80. The van der Waals surface area contributed by atoms with Crippen molar-refractivity contribution in [2.24, 2.45) is 0 Å². The molecule has 0 radical (unpaired) electrons. The number of hydrogen-bond acceptors (Lipinski definition) is 5. The highest BCUT2D eigenvalue weighted by Crippen LogP contribution is 2.14. The molecule has 6 heteroatoms. The van der Waals surface area contributed by atoms with Crippen LogP contribution in [0.1, 0.15) is 24.5 Å². The SMILES string of the molecule is O=C(CNCC1CCCO1)NCC(O)c1ccsc1. The Morgan fingerprint density at radius 3 is 3.21 bits per heavy atom. The van der Waals surface area contributed by atoms with Crippen LogP contribution in [-0.2, 0) is 9.53 Å². The molecule has 5 nitrogen and oxygen atoms in total. The number of rotatable bonds is 7. The van der Waals surface area contributed by atoms with Crippen molar-refractivity contribution < 1.29 is 14.6 Å². The highest BCUT2D eigenvalue weighted by Gasteiger charge is 2.15. The summed E-state index contributed by atoms with van der Waals surface area (Å²) in [5, 5.41) is 19.4. The van der Waals surface area contributed by atoms with Gasteiger partial charge in [0.25, 0.3) is 0 Å². The molecule has 0 saturated carbocycles. The van der Waals surface area contributed by atoms with Gasteiger partial charge >= 0.3 is 0 Å². The number of amides is 1. The average Bonchev–Trinajstić information content (AvgIpc) is 3.08. The number of aliphatic hydroxyl groups is 1. The summed E-state index contributed by atoms with van der Waals surface area (Å²) in [4.78, 5) is 11.6. The number of aliphatic hydroxyl groups excluding tert-OH is 1. The maximum absolute atomic E-state index is 11.6. The topological polar surface area (TPSA) is 70.6 Å². The molecular weight excluding hydrogens is 264 g/mol. The fourth-order valence-electron chi connectivity index (χ4n) is 2.01. The second-order valence-corrected chi connectivity index (χ2v) is 5.42. The van der Waals surface area contributed by atoms with Gasteiger partial charge < -0.3 is 20.5 Å². The van der Waals surface area contributed by atoms with Gasteiger partial charge in [0.05, 0.1) is 18.8 Å². The zero-order valence-corrected chi connectivity index (χ0v) is 11.6.